The van der Waals surface area contributed by atoms with Crippen molar-refractivity contribution in [1.82, 2.24) is 20.5 Å². The monoisotopic (exact) mass is 523 g/mol. The van der Waals surface area contributed by atoms with Crippen LogP contribution in [0.25, 0.3) is 10.9 Å². The number of fused-ring (bicyclic) bond motifs is 1. The van der Waals surface area contributed by atoms with Crippen LogP contribution in [-0.2, 0) is 11.2 Å². The molecule has 1 aromatic heterocycles. The summed E-state index contributed by atoms with van der Waals surface area (Å²) in [5.74, 6) is 1.46. The smallest absolute Gasteiger partial charge is 0.225 e. The highest BCUT2D eigenvalue weighted by Gasteiger charge is 2.32. The van der Waals surface area contributed by atoms with Crippen LogP contribution in [0, 0.1) is 12.8 Å². The van der Waals surface area contributed by atoms with Gasteiger partial charge in [0.25, 0.3) is 0 Å². The molecule has 2 heterocycles. The van der Waals surface area contributed by atoms with Gasteiger partial charge in [-0.05, 0) is 49.8 Å². The fourth-order valence-corrected chi connectivity index (χ4v) is 4.86. The summed E-state index contributed by atoms with van der Waals surface area (Å²) < 4.78 is 0. The van der Waals surface area contributed by atoms with Gasteiger partial charge in [0, 0.05) is 55.7 Å². The molecule has 7 heteroatoms. The van der Waals surface area contributed by atoms with Gasteiger partial charge in [-0.1, -0.05) is 25.0 Å². The molecular formula is C23H34IN5O. The van der Waals surface area contributed by atoms with E-state index in [-0.39, 0.29) is 35.9 Å². The van der Waals surface area contributed by atoms with Crippen LogP contribution in [-0.4, -0.2) is 54.5 Å². The lowest BCUT2D eigenvalue weighted by Crippen LogP contribution is -2.45. The van der Waals surface area contributed by atoms with Crippen LogP contribution in [0.3, 0.4) is 0 Å². The summed E-state index contributed by atoms with van der Waals surface area (Å²) in [6.45, 7) is 4.63. The van der Waals surface area contributed by atoms with E-state index in [4.69, 9.17) is 0 Å². The third-order valence-corrected chi connectivity index (χ3v) is 6.45. The van der Waals surface area contributed by atoms with Gasteiger partial charge in [0.1, 0.15) is 0 Å². The quantitative estimate of drug-likeness (QED) is 0.319. The summed E-state index contributed by atoms with van der Waals surface area (Å²) in [4.78, 5) is 22.4. The van der Waals surface area contributed by atoms with Gasteiger partial charge in [0.15, 0.2) is 5.96 Å². The normalized spacial score (nSPS) is 19.9. The number of aromatic amines is 1. The van der Waals surface area contributed by atoms with Crippen LogP contribution < -0.4 is 10.6 Å². The minimum Gasteiger partial charge on any atom is -0.361 e. The number of aromatic nitrogens is 1. The molecular weight excluding hydrogens is 489 g/mol. The lowest BCUT2D eigenvalue weighted by Gasteiger charge is -2.21. The van der Waals surface area contributed by atoms with Crippen molar-refractivity contribution in [2.24, 2.45) is 10.9 Å². The Morgan fingerprint density at radius 3 is 2.83 bits per heavy atom. The number of rotatable bonds is 5. The SMILES string of the molecule is CN=C(NCCc1c[nH]c2cccc(C)c12)NC1CCN(C(=O)C2CCCC2)C1.I. The third-order valence-electron chi connectivity index (χ3n) is 6.45. The van der Waals surface area contributed by atoms with Gasteiger partial charge in [0.05, 0.1) is 0 Å². The number of nitrogens with zero attached hydrogens (tertiary/aromatic N) is 2. The molecule has 1 saturated heterocycles. The summed E-state index contributed by atoms with van der Waals surface area (Å²) in [6.07, 6.45) is 8.59. The highest BCUT2D eigenvalue weighted by atomic mass is 127. The van der Waals surface area contributed by atoms with Gasteiger partial charge >= 0.3 is 0 Å². The van der Waals surface area contributed by atoms with Gasteiger partial charge in [0.2, 0.25) is 5.91 Å². The number of carbonyl (C=O) groups is 1. The number of likely N-dealkylation sites (tertiary alicyclic amines) is 1. The van der Waals surface area contributed by atoms with Crippen LogP contribution in [0.4, 0.5) is 0 Å². The van der Waals surface area contributed by atoms with Crippen LogP contribution in [0.1, 0.15) is 43.2 Å². The molecule has 2 fully saturated rings. The topological polar surface area (TPSA) is 72.5 Å². The fourth-order valence-electron chi connectivity index (χ4n) is 4.86. The van der Waals surface area contributed by atoms with E-state index in [2.05, 4.69) is 56.8 Å². The molecule has 164 valence electrons. The molecule has 1 atom stereocenters. The number of H-pyrrole nitrogens is 1. The number of aliphatic imine (C=N–C) groups is 1. The summed E-state index contributed by atoms with van der Waals surface area (Å²) in [5, 5.41) is 8.27. The first kappa shape index (κ1) is 22.9. The second-order valence-corrected chi connectivity index (χ2v) is 8.46. The lowest BCUT2D eigenvalue weighted by atomic mass is 10.1. The van der Waals surface area contributed by atoms with Gasteiger partial charge in [-0.15, -0.1) is 24.0 Å². The van der Waals surface area contributed by atoms with E-state index >= 15 is 0 Å². The maximum absolute atomic E-state index is 12.6. The van der Waals surface area contributed by atoms with Crippen LogP contribution >= 0.6 is 24.0 Å². The predicted molar refractivity (Wildman–Crippen MR) is 134 cm³/mol. The molecule has 4 rings (SSSR count). The first-order valence-corrected chi connectivity index (χ1v) is 11.0. The van der Waals surface area contributed by atoms with Crippen molar-refractivity contribution in [3.8, 4) is 0 Å². The van der Waals surface area contributed by atoms with E-state index in [1.807, 2.05) is 7.05 Å². The molecule has 30 heavy (non-hydrogen) atoms. The van der Waals surface area contributed by atoms with Crippen molar-refractivity contribution in [3.05, 3.63) is 35.5 Å². The molecule has 1 aliphatic carbocycles. The molecule has 3 N–H and O–H groups in total. The van der Waals surface area contributed by atoms with Gasteiger partial charge in [-0.25, -0.2) is 0 Å². The number of benzene rings is 1. The Balaban J connectivity index is 0.00000256. The van der Waals surface area contributed by atoms with Crippen molar-refractivity contribution < 1.29 is 4.79 Å². The minimum absolute atomic E-state index is 0. The Morgan fingerprint density at radius 2 is 2.07 bits per heavy atom. The van der Waals surface area contributed by atoms with Crippen LogP contribution in [0.2, 0.25) is 0 Å². The third kappa shape index (κ3) is 5.10. The average Bonchev–Trinajstić information content (AvgIpc) is 3.48. The van der Waals surface area contributed by atoms with Crippen molar-refractivity contribution in [3.63, 3.8) is 0 Å². The first-order valence-electron chi connectivity index (χ1n) is 11.0. The number of nitrogens with one attached hydrogen (secondary N) is 3. The molecule has 1 aromatic carbocycles. The van der Waals surface area contributed by atoms with E-state index in [1.165, 1.54) is 34.9 Å². The zero-order valence-electron chi connectivity index (χ0n) is 18.0. The summed E-state index contributed by atoms with van der Waals surface area (Å²) in [6, 6.07) is 6.65. The van der Waals surface area contributed by atoms with Gasteiger partial charge in [-0.2, -0.15) is 0 Å². The number of guanidine groups is 1. The molecule has 0 spiro atoms. The molecule has 1 aliphatic heterocycles. The molecule has 1 amide bonds. The maximum atomic E-state index is 12.6. The van der Waals surface area contributed by atoms with Crippen molar-refractivity contribution in [2.45, 2.75) is 51.5 Å². The van der Waals surface area contributed by atoms with E-state index in [1.54, 1.807) is 0 Å². The molecule has 6 nitrogen and oxygen atoms in total. The number of hydrogen-bond acceptors (Lipinski definition) is 2. The molecule has 2 aromatic rings. The molecule has 1 saturated carbocycles. The summed E-state index contributed by atoms with van der Waals surface area (Å²) >= 11 is 0. The van der Waals surface area contributed by atoms with E-state index < -0.39 is 0 Å². The van der Waals surface area contributed by atoms with E-state index in [0.717, 1.165) is 51.3 Å². The minimum atomic E-state index is 0. The summed E-state index contributed by atoms with van der Waals surface area (Å²) in [7, 11) is 1.81. The van der Waals surface area contributed by atoms with Gasteiger partial charge < -0.3 is 20.5 Å². The van der Waals surface area contributed by atoms with Crippen molar-refractivity contribution in [1.29, 1.82) is 0 Å². The molecule has 0 radical (unpaired) electrons. The Labute approximate surface area is 196 Å². The van der Waals surface area contributed by atoms with E-state index in [0.29, 0.717) is 5.91 Å². The van der Waals surface area contributed by atoms with Gasteiger partial charge in [-0.3, -0.25) is 9.79 Å². The number of aryl methyl sites for hydroxylation is 1. The van der Waals surface area contributed by atoms with Crippen molar-refractivity contribution in [2.75, 3.05) is 26.7 Å². The van der Waals surface area contributed by atoms with Crippen LogP contribution in [0.15, 0.2) is 29.4 Å². The molecule has 2 aliphatic rings. The first-order chi connectivity index (χ1) is 14.2. The zero-order chi connectivity index (χ0) is 20.2. The summed E-state index contributed by atoms with van der Waals surface area (Å²) in [5.41, 5.74) is 3.83. The Morgan fingerprint density at radius 1 is 1.27 bits per heavy atom. The Hall–Kier alpha value is -1.77. The standard InChI is InChI=1S/C23H33N5O.HI/c1-16-6-5-9-20-21(16)18(14-26-20)10-12-25-23(24-2)27-19-11-13-28(15-19)22(29)17-7-3-4-8-17;/h5-6,9,14,17,19,26H,3-4,7-8,10-13,15H2,1-2H3,(H2,24,25,27);1H. The van der Waals surface area contributed by atoms with Crippen molar-refractivity contribution >= 4 is 46.7 Å². The Kier molecular flexibility index (Phi) is 8.02. The Bertz CT molecular complexity index is 887. The second kappa shape index (κ2) is 10.5. The number of halogens is 1. The second-order valence-electron chi connectivity index (χ2n) is 8.46. The average molecular weight is 523 g/mol. The number of hydrogen-bond donors (Lipinski definition) is 3. The largest absolute Gasteiger partial charge is 0.361 e. The van der Waals surface area contributed by atoms with Crippen LogP contribution in [0.5, 0.6) is 0 Å². The maximum Gasteiger partial charge on any atom is 0.225 e. The number of amides is 1. The molecule has 0 bridgehead atoms. The lowest BCUT2D eigenvalue weighted by molar-refractivity contribution is -0.134. The highest BCUT2D eigenvalue weighted by Crippen LogP contribution is 2.28. The predicted octanol–water partition coefficient (Wildman–Crippen LogP) is 3.59. The molecule has 1 unspecified atom stereocenters. The van der Waals surface area contributed by atoms with E-state index in [9.17, 15) is 4.79 Å². The number of carbonyl (C=O) groups excluding carboxylic acids is 1. The highest BCUT2D eigenvalue weighted by molar-refractivity contribution is 14.0. The fraction of sp³-hybridized carbons (Fsp3) is 0.565. The zero-order valence-corrected chi connectivity index (χ0v) is 20.4.